The third-order valence-electron chi connectivity index (χ3n) is 4.72. The molecule has 0 radical (unpaired) electrons. The highest BCUT2D eigenvalue weighted by Gasteiger charge is 2.24. The summed E-state index contributed by atoms with van der Waals surface area (Å²) in [7, 11) is 0. The van der Waals surface area contributed by atoms with Crippen molar-refractivity contribution in [2.45, 2.75) is 13.0 Å². The van der Waals surface area contributed by atoms with Crippen LogP contribution in [0.1, 0.15) is 21.6 Å². The molecule has 4 aromatic rings. The van der Waals surface area contributed by atoms with Crippen LogP contribution in [0.3, 0.4) is 0 Å². The molecule has 29 heavy (non-hydrogen) atoms. The van der Waals surface area contributed by atoms with Crippen molar-refractivity contribution in [2.24, 2.45) is 5.73 Å². The van der Waals surface area contributed by atoms with Crippen LogP contribution in [-0.2, 0) is 13.0 Å². The van der Waals surface area contributed by atoms with Crippen LogP contribution >= 0.6 is 0 Å². The smallest absolute Gasteiger partial charge is 0.252 e. The molecule has 1 aromatic carbocycles. The molecule has 1 aliphatic heterocycles. The van der Waals surface area contributed by atoms with Crippen LogP contribution in [0.2, 0.25) is 0 Å². The molecule has 0 saturated carbocycles. The van der Waals surface area contributed by atoms with Gasteiger partial charge in [0.1, 0.15) is 0 Å². The molecule has 4 heterocycles. The molecular weight excluding hydrogens is 370 g/mol. The van der Waals surface area contributed by atoms with Gasteiger partial charge in [-0.05, 0) is 17.7 Å². The summed E-state index contributed by atoms with van der Waals surface area (Å²) in [6.45, 7) is 1.15. The minimum atomic E-state index is -0.567. The van der Waals surface area contributed by atoms with Gasteiger partial charge in [-0.3, -0.25) is 9.20 Å². The van der Waals surface area contributed by atoms with E-state index in [1.54, 1.807) is 22.7 Å². The van der Waals surface area contributed by atoms with E-state index in [0.29, 0.717) is 48.4 Å². The first kappa shape index (κ1) is 17.1. The third-order valence-corrected chi connectivity index (χ3v) is 4.72. The van der Waals surface area contributed by atoms with E-state index in [0.717, 1.165) is 11.3 Å². The van der Waals surface area contributed by atoms with Gasteiger partial charge in [0.2, 0.25) is 11.6 Å². The minimum absolute atomic E-state index is 0.290. The Morgan fingerprint density at radius 1 is 1.14 bits per heavy atom. The van der Waals surface area contributed by atoms with E-state index in [4.69, 9.17) is 10.5 Å². The molecule has 9 heteroatoms. The summed E-state index contributed by atoms with van der Waals surface area (Å²) in [5.41, 5.74) is 8.04. The Bertz CT molecular complexity index is 1220. The SMILES string of the molecule is NC(=O)c1cccn2c(-c3nc4c(c(NCc5ccccc5)n3)OCC4)nnc12. The Labute approximate surface area is 165 Å². The molecular formula is C20H17N7O2. The van der Waals surface area contributed by atoms with Crippen molar-refractivity contribution in [3.63, 3.8) is 0 Å². The predicted molar refractivity (Wildman–Crippen MR) is 105 cm³/mol. The van der Waals surface area contributed by atoms with Crippen molar-refractivity contribution >= 4 is 17.4 Å². The van der Waals surface area contributed by atoms with Crippen molar-refractivity contribution < 1.29 is 9.53 Å². The molecule has 0 unspecified atom stereocenters. The first-order chi connectivity index (χ1) is 14.2. The summed E-state index contributed by atoms with van der Waals surface area (Å²) in [5.74, 6) is 1.54. The topological polar surface area (TPSA) is 120 Å². The lowest BCUT2D eigenvalue weighted by atomic mass is 10.2. The Morgan fingerprint density at radius 3 is 2.83 bits per heavy atom. The number of carbonyl (C=O) groups excluding carboxylic acids is 1. The molecule has 0 saturated heterocycles. The summed E-state index contributed by atoms with van der Waals surface area (Å²) in [4.78, 5) is 20.9. The highest BCUT2D eigenvalue weighted by atomic mass is 16.5. The maximum atomic E-state index is 11.7. The largest absolute Gasteiger partial charge is 0.487 e. The highest BCUT2D eigenvalue weighted by molar-refractivity contribution is 5.98. The summed E-state index contributed by atoms with van der Waals surface area (Å²) < 4.78 is 7.40. The second kappa shape index (κ2) is 6.86. The van der Waals surface area contributed by atoms with Crippen LogP contribution in [0, 0.1) is 0 Å². The number of anilines is 1. The number of fused-ring (bicyclic) bond motifs is 2. The maximum Gasteiger partial charge on any atom is 0.252 e. The molecule has 1 aliphatic rings. The van der Waals surface area contributed by atoms with E-state index in [2.05, 4.69) is 25.5 Å². The number of hydrogen-bond acceptors (Lipinski definition) is 7. The van der Waals surface area contributed by atoms with Gasteiger partial charge in [-0.25, -0.2) is 9.97 Å². The first-order valence-corrected chi connectivity index (χ1v) is 9.16. The number of ether oxygens (including phenoxy) is 1. The zero-order valence-electron chi connectivity index (χ0n) is 15.4. The number of hydrogen-bond donors (Lipinski definition) is 2. The second-order valence-corrected chi connectivity index (χ2v) is 6.61. The molecule has 9 nitrogen and oxygen atoms in total. The molecule has 0 fully saturated rings. The summed E-state index contributed by atoms with van der Waals surface area (Å²) in [6.07, 6.45) is 2.44. The molecule has 0 aliphatic carbocycles. The summed E-state index contributed by atoms with van der Waals surface area (Å²) in [5, 5.41) is 11.7. The third kappa shape index (κ3) is 3.02. The quantitative estimate of drug-likeness (QED) is 0.536. The lowest BCUT2D eigenvalue weighted by Gasteiger charge is -2.11. The Balaban J connectivity index is 1.57. The Morgan fingerprint density at radius 2 is 2.00 bits per heavy atom. The van der Waals surface area contributed by atoms with Gasteiger partial charge in [-0.15, -0.1) is 10.2 Å². The molecule has 144 valence electrons. The van der Waals surface area contributed by atoms with Crippen LogP contribution in [0.15, 0.2) is 48.7 Å². The van der Waals surface area contributed by atoms with Crippen LogP contribution in [0.25, 0.3) is 17.3 Å². The monoisotopic (exact) mass is 387 g/mol. The average molecular weight is 387 g/mol. The number of carbonyl (C=O) groups is 1. The number of primary amides is 1. The zero-order valence-corrected chi connectivity index (χ0v) is 15.4. The predicted octanol–water partition coefficient (Wildman–Crippen LogP) is 1.83. The highest BCUT2D eigenvalue weighted by Crippen LogP contribution is 2.33. The van der Waals surface area contributed by atoms with Crippen LogP contribution in [-0.4, -0.2) is 37.1 Å². The van der Waals surface area contributed by atoms with Crippen molar-refractivity contribution in [1.29, 1.82) is 0 Å². The van der Waals surface area contributed by atoms with Gasteiger partial charge in [-0.1, -0.05) is 30.3 Å². The Kier molecular flexibility index (Phi) is 4.05. The van der Waals surface area contributed by atoms with Crippen LogP contribution in [0.5, 0.6) is 5.75 Å². The summed E-state index contributed by atoms with van der Waals surface area (Å²) >= 11 is 0. The lowest BCUT2D eigenvalue weighted by molar-refractivity contribution is 0.100. The van der Waals surface area contributed by atoms with E-state index >= 15 is 0 Å². The van der Waals surface area contributed by atoms with E-state index in [-0.39, 0.29) is 5.56 Å². The van der Waals surface area contributed by atoms with Gasteiger partial charge in [0.15, 0.2) is 17.2 Å². The van der Waals surface area contributed by atoms with E-state index in [1.807, 2.05) is 30.3 Å². The zero-order chi connectivity index (χ0) is 19.8. The number of nitrogens with zero attached hydrogens (tertiary/aromatic N) is 5. The molecule has 1 amide bonds. The number of benzene rings is 1. The standard InChI is InChI=1S/C20H17N7O2/c21-16(28)13-7-4-9-27-19(13)25-26-20(27)18-23-14-8-10-29-15(14)17(24-18)22-11-12-5-2-1-3-6-12/h1-7,9H,8,10-11H2,(H2,21,28)(H,22,23,24). The Hall–Kier alpha value is -4.01. The van der Waals surface area contributed by atoms with E-state index in [1.165, 1.54) is 0 Å². The molecule has 0 atom stereocenters. The normalized spacial score (nSPS) is 12.6. The average Bonchev–Trinajstić information content (AvgIpc) is 3.39. The van der Waals surface area contributed by atoms with Gasteiger partial charge < -0.3 is 15.8 Å². The number of rotatable bonds is 5. The van der Waals surface area contributed by atoms with Crippen molar-refractivity contribution in [3.8, 4) is 17.4 Å². The first-order valence-electron chi connectivity index (χ1n) is 9.16. The van der Waals surface area contributed by atoms with Gasteiger partial charge in [0, 0.05) is 19.2 Å². The molecule has 0 bridgehead atoms. The van der Waals surface area contributed by atoms with E-state index in [9.17, 15) is 4.79 Å². The number of amides is 1. The van der Waals surface area contributed by atoms with E-state index < -0.39 is 5.91 Å². The second-order valence-electron chi connectivity index (χ2n) is 6.61. The van der Waals surface area contributed by atoms with Crippen molar-refractivity contribution in [1.82, 2.24) is 24.6 Å². The van der Waals surface area contributed by atoms with Gasteiger partial charge in [-0.2, -0.15) is 0 Å². The fourth-order valence-electron chi connectivity index (χ4n) is 3.33. The lowest BCUT2D eigenvalue weighted by Crippen LogP contribution is -2.12. The van der Waals surface area contributed by atoms with Gasteiger partial charge in [0.25, 0.3) is 5.91 Å². The van der Waals surface area contributed by atoms with Crippen LogP contribution in [0.4, 0.5) is 5.82 Å². The molecule has 5 rings (SSSR count). The van der Waals surface area contributed by atoms with Crippen molar-refractivity contribution in [3.05, 3.63) is 65.5 Å². The number of nitrogens with two attached hydrogens (primary N) is 1. The number of pyridine rings is 1. The van der Waals surface area contributed by atoms with Gasteiger partial charge in [0.05, 0.1) is 17.9 Å². The van der Waals surface area contributed by atoms with Crippen LogP contribution < -0.4 is 15.8 Å². The summed E-state index contributed by atoms with van der Waals surface area (Å²) in [6, 6.07) is 13.3. The number of nitrogens with one attached hydrogen (secondary N) is 1. The van der Waals surface area contributed by atoms with Gasteiger partial charge >= 0.3 is 0 Å². The maximum absolute atomic E-state index is 11.7. The minimum Gasteiger partial charge on any atom is -0.487 e. The fraction of sp³-hybridized carbons (Fsp3) is 0.150. The molecule has 3 aromatic heterocycles. The molecule has 3 N–H and O–H groups in total. The van der Waals surface area contributed by atoms with Crippen molar-refractivity contribution in [2.75, 3.05) is 11.9 Å². The molecule has 0 spiro atoms. The number of aromatic nitrogens is 5. The fourth-order valence-corrected chi connectivity index (χ4v) is 3.33.